The summed E-state index contributed by atoms with van der Waals surface area (Å²) in [6, 6.07) is 5.89. The largest absolute Gasteiger partial charge is 0.361 e. The summed E-state index contributed by atoms with van der Waals surface area (Å²) in [6.45, 7) is 7.60. The highest BCUT2D eigenvalue weighted by molar-refractivity contribution is 5.81. The Morgan fingerprint density at radius 3 is 2.61 bits per heavy atom. The Morgan fingerprint density at radius 1 is 1.30 bits per heavy atom. The van der Waals surface area contributed by atoms with Crippen LogP contribution in [0.1, 0.15) is 42.5 Å². The van der Waals surface area contributed by atoms with Gasteiger partial charge in [0.05, 0.1) is 11.7 Å². The van der Waals surface area contributed by atoms with E-state index in [1.54, 1.807) is 25.1 Å². The van der Waals surface area contributed by atoms with E-state index < -0.39 is 6.04 Å². The van der Waals surface area contributed by atoms with Gasteiger partial charge in [0, 0.05) is 23.7 Å². The molecule has 2 atom stereocenters. The van der Waals surface area contributed by atoms with Crippen LogP contribution in [0.15, 0.2) is 28.8 Å². The number of amides is 1. The van der Waals surface area contributed by atoms with Gasteiger partial charge < -0.3 is 9.84 Å². The number of rotatable bonds is 6. The number of nitrogens with zero attached hydrogens (tertiary/aromatic N) is 1. The molecule has 0 radical (unpaired) electrons. The quantitative estimate of drug-likeness (QED) is 0.859. The molecule has 2 N–H and O–H groups in total. The van der Waals surface area contributed by atoms with Crippen LogP contribution in [-0.4, -0.2) is 17.1 Å². The van der Waals surface area contributed by atoms with Crippen molar-refractivity contribution in [3.8, 4) is 0 Å². The summed E-state index contributed by atoms with van der Waals surface area (Å²) >= 11 is 0. The van der Waals surface area contributed by atoms with Gasteiger partial charge in [0.1, 0.15) is 11.6 Å². The normalized spacial score (nSPS) is 13.6. The number of hydrogen-bond donors (Lipinski definition) is 2. The maximum absolute atomic E-state index is 13.5. The summed E-state index contributed by atoms with van der Waals surface area (Å²) in [7, 11) is 0. The molecule has 0 unspecified atom stereocenters. The van der Waals surface area contributed by atoms with E-state index in [0.717, 1.165) is 17.0 Å². The van der Waals surface area contributed by atoms with Gasteiger partial charge in [-0.25, -0.2) is 4.39 Å². The van der Waals surface area contributed by atoms with Gasteiger partial charge in [-0.15, -0.1) is 0 Å². The van der Waals surface area contributed by atoms with Crippen LogP contribution in [0.4, 0.5) is 4.39 Å². The van der Waals surface area contributed by atoms with Crippen LogP contribution in [0.5, 0.6) is 0 Å². The minimum atomic E-state index is -0.425. The van der Waals surface area contributed by atoms with Crippen LogP contribution in [-0.2, 0) is 11.3 Å². The predicted molar refractivity (Wildman–Crippen MR) is 85.2 cm³/mol. The van der Waals surface area contributed by atoms with Gasteiger partial charge in [0.25, 0.3) is 0 Å². The molecule has 1 aromatic carbocycles. The average molecular weight is 319 g/mol. The zero-order valence-electron chi connectivity index (χ0n) is 13.8. The van der Waals surface area contributed by atoms with Crippen molar-refractivity contribution in [2.24, 2.45) is 0 Å². The van der Waals surface area contributed by atoms with Crippen LogP contribution >= 0.6 is 0 Å². The van der Waals surface area contributed by atoms with E-state index in [2.05, 4.69) is 15.8 Å². The number of carbonyl (C=O) groups excluding carboxylic acids is 1. The monoisotopic (exact) mass is 319 g/mol. The van der Waals surface area contributed by atoms with E-state index in [0.29, 0.717) is 5.56 Å². The molecule has 0 aliphatic rings. The van der Waals surface area contributed by atoms with Crippen molar-refractivity contribution in [3.63, 3.8) is 0 Å². The summed E-state index contributed by atoms with van der Waals surface area (Å²) in [6.07, 6.45) is 0. The molecular formula is C17H22FN3O2. The molecule has 0 saturated heterocycles. The van der Waals surface area contributed by atoms with Crippen LogP contribution in [0.3, 0.4) is 0 Å². The maximum Gasteiger partial charge on any atom is 0.237 e. The van der Waals surface area contributed by atoms with Gasteiger partial charge in [-0.1, -0.05) is 23.4 Å². The molecule has 0 saturated carbocycles. The zero-order chi connectivity index (χ0) is 17.0. The summed E-state index contributed by atoms with van der Waals surface area (Å²) in [5.41, 5.74) is 2.23. The first-order valence-electron chi connectivity index (χ1n) is 7.60. The molecule has 0 fully saturated rings. The fourth-order valence-electron chi connectivity index (χ4n) is 2.62. The standard InChI is InChI=1S/C17H22FN3O2/c1-10(16-11(2)21-23-13(16)4)20-12(3)17(22)19-9-14-7-5-6-8-15(14)18/h5-8,10,12,20H,9H2,1-4H3,(H,19,22)/t10-,12-/m0/s1. The third kappa shape index (κ3) is 4.16. The number of carbonyl (C=O) groups is 1. The fourth-order valence-corrected chi connectivity index (χ4v) is 2.62. The van der Waals surface area contributed by atoms with Crippen molar-refractivity contribution in [2.45, 2.75) is 46.3 Å². The van der Waals surface area contributed by atoms with E-state index in [1.807, 2.05) is 20.8 Å². The van der Waals surface area contributed by atoms with Gasteiger partial charge in [-0.05, 0) is 33.8 Å². The highest BCUT2D eigenvalue weighted by Gasteiger charge is 2.21. The molecule has 0 bridgehead atoms. The summed E-state index contributed by atoms with van der Waals surface area (Å²) in [4.78, 5) is 12.2. The van der Waals surface area contributed by atoms with Gasteiger partial charge >= 0.3 is 0 Å². The number of nitrogens with one attached hydrogen (secondary N) is 2. The Kier molecular flexibility index (Phi) is 5.50. The Balaban J connectivity index is 1.91. The molecular weight excluding hydrogens is 297 g/mol. The van der Waals surface area contributed by atoms with E-state index in [9.17, 15) is 9.18 Å². The summed E-state index contributed by atoms with van der Waals surface area (Å²) < 4.78 is 18.7. The Morgan fingerprint density at radius 2 is 2.00 bits per heavy atom. The van der Waals surface area contributed by atoms with Crippen molar-refractivity contribution in [2.75, 3.05) is 0 Å². The molecule has 1 heterocycles. The average Bonchev–Trinajstić information content (AvgIpc) is 2.85. The van der Waals surface area contributed by atoms with Gasteiger partial charge in [0.15, 0.2) is 0 Å². The molecule has 2 aromatic rings. The van der Waals surface area contributed by atoms with Gasteiger partial charge in [-0.3, -0.25) is 10.1 Å². The number of benzene rings is 1. The first-order valence-corrected chi connectivity index (χ1v) is 7.60. The van der Waals surface area contributed by atoms with Crippen LogP contribution in [0.25, 0.3) is 0 Å². The highest BCUT2D eigenvalue weighted by Crippen LogP contribution is 2.21. The second kappa shape index (κ2) is 7.37. The van der Waals surface area contributed by atoms with Crippen molar-refractivity contribution in [3.05, 3.63) is 52.7 Å². The third-order valence-electron chi connectivity index (χ3n) is 3.83. The van der Waals surface area contributed by atoms with Gasteiger partial charge in [-0.2, -0.15) is 0 Å². The van der Waals surface area contributed by atoms with E-state index >= 15 is 0 Å². The second-order valence-corrected chi connectivity index (χ2v) is 5.66. The maximum atomic E-state index is 13.5. The van der Waals surface area contributed by atoms with Gasteiger partial charge in [0.2, 0.25) is 5.91 Å². The number of halogens is 1. The summed E-state index contributed by atoms with van der Waals surface area (Å²) in [5.74, 6) is 0.228. The van der Waals surface area contributed by atoms with E-state index in [-0.39, 0.29) is 24.3 Å². The zero-order valence-corrected chi connectivity index (χ0v) is 13.8. The Hall–Kier alpha value is -2.21. The molecule has 0 aliphatic heterocycles. The topological polar surface area (TPSA) is 67.2 Å². The number of aromatic nitrogens is 1. The van der Waals surface area contributed by atoms with Crippen LogP contribution in [0, 0.1) is 19.7 Å². The SMILES string of the molecule is Cc1noc(C)c1[C@H](C)N[C@@H](C)C(=O)NCc1ccccc1F. The molecule has 1 amide bonds. The molecule has 0 aliphatic carbocycles. The molecule has 0 spiro atoms. The molecule has 6 heteroatoms. The van der Waals surface area contributed by atoms with Crippen molar-refractivity contribution < 1.29 is 13.7 Å². The lowest BCUT2D eigenvalue weighted by molar-refractivity contribution is -0.123. The number of aryl methyl sites for hydroxylation is 2. The molecule has 2 rings (SSSR count). The van der Waals surface area contributed by atoms with Crippen molar-refractivity contribution >= 4 is 5.91 Å². The predicted octanol–water partition coefficient (Wildman–Crippen LogP) is 2.79. The highest BCUT2D eigenvalue weighted by atomic mass is 19.1. The van der Waals surface area contributed by atoms with Crippen molar-refractivity contribution in [1.29, 1.82) is 0 Å². The molecule has 5 nitrogen and oxygen atoms in total. The molecule has 124 valence electrons. The lowest BCUT2D eigenvalue weighted by atomic mass is 10.1. The third-order valence-corrected chi connectivity index (χ3v) is 3.83. The van der Waals surface area contributed by atoms with Crippen LogP contribution in [0.2, 0.25) is 0 Å². The lowest BCUT2D eigenvalue weighted by Gasteiger charge is -2.19. The van der Waals surface area contributed by atoms with Crippen molar-refractivity contribution in [1.82, 2.24) is 15.8 Å². The first-order chi connectivity index (χ1) is 10.9. The second-order valence-electron chi connectivity index (χ2n) is 5.66. The van der Waals surface area contributed by atoms with E-state index in [1.165, 1.54) is 6.07 Å². The Labute approximate surface area is 135 Å². The molecule has 1 aromatic heterocycles. The Bertz CT molecular complexity index is 665. The lowest BCUT2D eigenvalue weighted by Crippen LogP contribution is -2.43. The minimum Gasteiger partial charge on any atom is -0.361 e. The minimum absolute atomic E-state index is 0.0736. The fraction of sp³-hybridized carbons (Fsp3) is 0.412. The number of hydrogen-bond acceptors (Lipinski definition) is 4. The van der Waals surface area contributed by atoms with E-state index in [4.69, 9.17) is 4.52 Å². The summed E-state index contributed by atoms with van der Waals surface area (Å²) in [5, 5.41) is 9.87. The molecule has 23 heavy (non-hydrogen) atoms. The smallest absolute Gasteiger partial charge is 0.237 e. The van der Waals surface area contributed by atoms with Crippen LogP contribution < -0.4 is 10.6 Å². The first kappa shape index (κ1) is 17.1.